The van der Waals surface area contributed by atoms with E-state index in [1.807, 2.05) is 12.2 Å². The second-order valence-corrected chi connectivity index (χ2v) is 5.78. The molecule has 106 valence electrons. The molecule has 2 atom stereocenters. The fourth-order valence-electron chi connectivity index (χ4n) is 2.61. The summed E-state index contributed by atoms with van der Waals surface area (Å²) < 4.78 is 40.6. The lowest BCUT2D eigenvalue weighted by molar-refractivity contribution is 0.0825. The summed E-state index contributed by atoms with van der Waals surface area (Å²) in [6, 6.07) is 0.207. The van der Waals surface area contributed by atoms with Gasteiger partial charge in [0.25, 0.3) is 5.91 Å². The number of carbonyl (C=O) groups excluding carboxylic acids is 1. The lowest BCUT2D eigenvalue weighted by Gasteiger charge is -2.30. The molecule has 2 heterocycles. The minimum atomic E-state index is -1.57. The van der Waals surface area contributed by atoms with E-state index in [0.717, 1.165) is 17.8 Å². The van der Waals surface area contributed by atoms with Crippen molar-refractivity contribution in [2.45, 2.75) is 17.0 Å². The van der Waals surface area contributed by atoms with Gasteiger partial charge in [-0.2, -0.15) is 0 Å². The van der Waals surface area contributed by atoms with Crippen LogP contribution >= 0.6 is 11.8 Å². The third-order valence-corrected chi connectivity index (χ3v) is 4.69. The molecule has 0 aromatic heterocycles. The SMILES string of the molecule is O=C1c2cc(F)c(F)c(F)c2SC2=NC3C=CC=CC3N12. The molecule has 1 amide bonds. The maximum Gasteiger partial charge on any atom is 0.261 e. The summed E-state index contributed by atoms with van der Waals surface area (Å²) in [5.74, 6) is -4.84. The number of amides is 1. The van der Waals surface area contributed by atoms with E-state index in [-0.39, 0.29) is 22.5 Å². The molecule has 0 radical (unpaired) electrons. The zero-order valence-electron chi connectivity index (χ0n) is 10.4. The molecular formula is C14H7F3N2OS. The molecule has 0 spiro atoms. The molecule has 1 aliphatic carbocycles. The molecule has 1 aromatic rings. The zero-order valence-corrected chi connectivity index (χ0v) is 11.2. The number of rotatable bonds is 0. The van der Waals surface area contributed by atoms with Crippen LogP contribution in [0.1, 0.15) is 10.4 Å². The van der Waals surface area contributed by atoms with Crippen LogP contribution in [-0.2, 0) is 0 Å². The Bertz CT molecular complexity index is 772. The highest BCUT2D eigenvalue weighted by atomic mass is 32.2. The van der Waals surface area contributed by atoms with Gasteiger partial charge in [-0.05, 0) is 17.8 Å². The highest BCUT2D eigenvalue weighted by molar-refractivity contribution is 8.14. The monoisotopic (exact) mass is 308 g/mol. The van der Waals surface area contributed by atoms with Gasteiger partial charge in [-0.25, -0.2) is 13.2 Å². The van der Waals surface area contributed by atoms with Gasteiger partial charge in [0.05, 0.1) is 22.5 Å². The van der Waals surface area contributed by atoms with Gasteiger partial charge < -0.3 is 0 Å². The van der Waals surface area contributed by atoms with E-state index in [9.17, 15) is 18.0 Å². The second-order valence-electron chi connectivity index (χ2n) is 4.80. The molecule has 0 saturated carbocycles. The minimum Gasteiger partial charge on any atom is -0.278 e. The number of allylic oxidation sites excluding steroid dienone is 2. The highest BCUT2D eigenvalue weighted by Crippen LogP contribution is 2.41. The van der Waals surface area contributed by atoms with Crippen molar-refractivity contribution in [1.29, 1.82) is 0 Å². The number of thioether (sulfide) groups is 1. The summed E-state index contributed by atoms with van der Waals surface area (Å²) in [4.78, 5) is 18.0. The van der Waals surface area contributed by atoms with Gasteiger partial charge in [-0.1, -0.05) is 24.3 Å². The predicted octanol–water partition coefficient (Wildman–Crippen LogP) is 2.88. The molecule has 4 rings (SSSR count). The van der Waals surface area contributed by atoms with Crippen molar-refractivity contribution in [3.05, 3.63) is 53.4 Å². The first-order valence-electron chi connectivity index (χ1n) is 6.19. The van der Waals surface area contributed by atoms with Crippen LogP contribution < -0.4 is 0 Å². The number of aliphatic imine (C=N–C) groups is 1. The van der Waals surface area contributed by atoms with Gasteiger partial charge in [-0.3, -0.25) is 14.7 Å². The van der Waals surface area contributed by atoms with Crippen LogP contribution in [-0.4, -0.2) is 28.1 Å². The van der Waals surface area contributed by atoms with Crippen molar-refractivity contribution < 1.29 is 18.0 Å². The molecule has 0 saturated heterocycles. The van der Waals surface area contributed by atoms with Crippen LogP contribution in [0.3, 0.4) is 0 Å². The van der Waals surface area contributed by atoms with Crippen molar-refractivity contribution in [1.82, 2.24) is 4.90 Å². The first kappa shape index (κ1) is 12.7. The first-order chi connectivity index (χ1) is 10.1. The van der Waals surface area contributed by atoms with E-state index in [2.05, 4.69) is 4.99 Å². The Morgan fingerprint density at radius 3 is 2.71 bits per heavy atom. The number of benzene rings is 1. The Kier molecular flexibility index (Phi) is 2.56. The first-order valence-corrected chi connectivity index (χ1v) is 7.01. The average Bonchev–Trinajstić information content (AvgIpc) is 2.85. The van der Waals surface area contributed by atoms with E-state index in [1.54, 1.807) is 12.2 Å². The number of nitrogens with zero attached hydrogens (tertiary/aromatic N) is 2. The van der Waals surface area contributed by atoms with Crippen LogP contribution in [0.4, 0.5) is 13.2 Å². The maximum atomic E-state index is 13.9. The summed E-state index contributed by atoms with van der Waals surface area (Å²) in [7, 11) is 0. The molecule has 0 bridgehead atoms. The van der Waals surface area contributed by atoms with Gasteiger partial charge in [0.1, 0.15) is 0 Å². The van der Waals surface area contributed by atoms with Crippen molar-refractivity contribution in [2.75, 3.05) is 0 Å². The Morgan fingerprint density at radius 2 is 1.90 bits per heavy atom. The molecule has 7 heteroatoms. The average molecular weight is 308 g/mol. The topological polar surface area (TPSA) is 32.7 Å². The Labute approximate surface area is 121 Å². The van der Waals surface area contributed by atoms with Crippen molar-refractivity contribution in [3.8, 4) is 0 Å². The highest BCUT2D eigenvalue weighted by Gasteiger charge is 2.44. The van der Waals surface area contributed by atoms with Crippen LogP contribution in [0.5, 0.6) is 0 Å². The number of amidine groups is 1. The maximum absolute atomic E-state index is 13.9. The van der Waals surface area contributed by atoms with Gasteiger partial charge in [-0.15, -0.1) is 0 Å². The number of carbonyl (C=O) groups is 1. The molecule has 3 nitrogen and oxygen atoms in total. The standard InChI is InChI=1S/C14H7F3N2OS/c15-7-5-6-12(11(17)10(7)16)21-14-18-8-3-1-2-4-9(8)19(14)13(6)20/h1-5,8-9H. The fraction of sp³-hybridized carbons (Fsp3) is 0.143. The number of hydrogen-bond donors (Lipinski definition) is 0. The van der Waals surface area contributed by atoms with Crippen LogP contribution in [0, 0.1) is 17.5 Å². The molecule has 3 aliphatic rings. The largest absolute Gasteiger partial charge is 0.278 e. The smallest absolute Gasteiger partial charge is 0.261 e. The predicted molar refractivity (Wildman–Crippen MR) is 71.6 cm³/mol. The number of hydrogen-bond acceptors (Lipinski definition) is 3. The molecule has 0 fully saturated rings. The molecule has 21 heavy (non-hydrogen) atoms. The van der Waals surface area contributed by atoms with Crippen LogP contribution in [0.15, 0.2) is 40.3 Å². The molecular weight excluding hydrogens is 301 g/mol. The molecule has 1 aromatic carbocycles. The van der Waals surface area contributed by atoms with Crippen LogP contribution in [0.2, 0.25) is 0 Å². The second kappa shape index (κ2) is 4.24. The van der Waals surface area contributed by atoms with Gasteiger partial charge in [0, 0.05) is 0 Å². The van der Waals surface area contributed by atoms with Crippen molar-refractivity contribution >= 4 is 22.8 Å². The minimum absolute atomic E-state index is 0.168. The summed E-state index contributed by atoms with van der Waals surface area (Å²) in [5, 5.41) is 0.309. The Morgan fingerprint density at radius 1 is 1.14 bits per heavy atom. The van der Waals surface area contributed by atoms with E-state index in [4.69, 9.17) is 0 Å². The summed E-state index contributed by atoms with van der Waals surface area (Å²) >= 11 is 0.852. The summed E-state index contributed by atoms with van der Waals surface area (Å²) in [5.41, 5.74) is -0.168. The Balaban J connectivity index is 1.88. The van der Waals surface area contributed by atoms with Gasteiger partial charge in [0.2, 0.25) is 0 Å². The normalized spacial score (nSPS) is 25.6. The lowest BCUT2D eigenvalue weighted by Crippen LogP contribution is -2.44. The molecule has 2 unspecified atom stereocenters. The quantitative estimate of drug-likeness (QED) is 0.690. The van der Waals surface area contributed by atoms with Crippen molar-refractivity contribution in [3.63, 3.8) is 0 Å². The summed E-state index contributed by atoms with van der Waals surface area (Å²) in [6.07, 6.45) is 7.23. The number of fused-ring (bicyclic) bond motifs is 4. The van der Waals surface area contributed by atoms with Gasteiger partial charge >= 0.3 is 0 Å². The zero-order chi connectivity index (χ0) is 14.7. The summed E-state index contributed by atoms with van der Waals surface area (Å²) in [6.45, 7) is 0. The van der Waals surface area contributed by atoms with E-state index >= 15 is 0 Å². The Hall–Kier alpha value is -2.02. The lowest BCUT2D eigenvalue weighted by atomic mass is 10.0. The van der Waals surface area contributed by atoms with Crippen LogP contribution in [0.25, 0.3) is 0 Å². The fourth-order valence-corrected chi connectivity index (χ4v) is 3.71. The van der Waals surface area contributed by atoms with E-state index < -0.39 is 23.4 Å². The molecule has 2 aliphatic heterocycles. The third kappa shape index (κ3) is 1.64. The third-order valence-electron chi connectivity index (χ3n) is 3.60. The van der Waals surface area contributed by atoms with Gasteiger partial charge in [0.15, 0.2) is 22.6 Å². The molecule has 0 N–H and O–H groups in total. The van der Waals surface area contributed by atoms with E-state index in [1.165, 1.54) is 4.90 Å². The number of halogens is 3. The van der Waals surface area contributed by atoms with E-state index in [0.29, 0.717) is 5.17 Å². The van der Waals surface area contributed by atoms with Crippen molar-refractivity contribution in [2.24, 2.45) is 4.99 Å².